The van der Waals surface area contributed by atoms with Crippen molar-refractivity contribution in [1.82, 2.24) is 0 Å². The summed E-state index contributed by atoms with van der Waals surface area (Å²) in [4.78, 5) is 0. The van der Waals surface area contributed by atoms with Crippen LogP contribution in [0.5, 0.6) is 5.75 Å². The molecule has 3 aromatic rings. The average Bonchev–Trinajstić information content (AvgIpc) is 2.61. The molecule has 0 aromatic heterocycles. The minimum atomic E-state index is 0.939. The highest BCUT2D eigenvalue weighted by molar-refractivity contribution is 5.83. The molecule has 1 heteroatoms. The predicted octanol–water partition coefficient (Wildman–Crippen LogP) is 5.59. The zero-order valence-electron chi connectivity index (χ0n) is 13.0. The van der Waals surface area contributed by atoms with Gasteiger partial charge in [0, 0.05) is 11.1 Å². The number of methoxy groups -OCH3 is 1. The van der Waals surface area contributed by atoms with Crippen LogP contribution in [-0.2, 0) is 6.42 Å². The van der Waals surface area contributed by atoms with Crippen molar-refractivity contribution in [2.45, 2.75) is 13.3 Å². The van der Waals surface area contributed by atoms with Gasteiger partial charge >= 0.3 is 0 Å². The number of rotatable bonds is 4. The number of hydrogen-bond donors (Lipinski definition) is 0. The van der Waals surface area contributed by atoms with Gasteiger partial charge in [0.05, 0.1) is 7.11 Å². The van der Waals surface area contributed by atoms with Crippen molar-refractivity contribution in [2.75, 3.05) is 7.11 Å². The molecule has 0 spiro atoms. The molecule has 3 rings (SSSR count). The topological polar surface area (TPSA) is 9.23 Å². The lowest BCUT2D eigenvalue weighted by Gasteiger charge is -2.16. The molecule has 0 amide bonds. The summed E-state index contributed by atoms with van der Waals surface area (Å²) in [5, 5.41) is 0. The van der Waals surface area contributed by atoms with Gasteiger partial charge < -0.3 is 4.74 Å². The highest BCUT2D eigenvalue weighted by Crippen LogP contribution is 2.39. The van der Waals surface area contributed by atoms with Crippen LogP contribution in [0, 0.1) is 0 Å². The van der Waals surface area contributed by atoms with Crippen molar-refractivity contribution in [2.24, 2.45) is 0 Å². The molecule has 0 N–H and O–H groups in total. The molecule has 0 bridgehead atoms. The van der Waals surface area contributed by atoms with Gasteiger partial charge in [0.25, 0.3) is 0 Å². The van der Waals surface area contributed by atoms with Gasteiger partial charge in [0.15, 0.2) is 0 Å². The fourth-order valence-electron chi connectivity index (χ4n) is 2.91. The second kappa shape index (κ2) is 6.48. The molecule has 0 aliphatic heterocycles. The van der Waals surface area contributed by atoms with Gasteiger partial charge in [-0.25, -0.2) is 0 Å². The van der Waals surface area contributed by atoms with Crippen LogP contribution in [0.25, 0.3) is 22.3 Å². The SMILES string of the molecule is CCc1ccccc1-c1cccc(-c2ccccc2)c1OC. The van der Waals surface area contributed by atoms with Crippen LogP contribution in [0.2, 0.25) is 0 Å². The Morgan fingerprint density at radius 2 is 1.32 bits per heavy atom. The maximum Gasteiger partial charge on any atom is 0.134 e. The first-order valence-corrected chi connectivity index (χ1v) is 7.66. The molecule has 1 nitrogen and oxygen atoms in total. The van der Waals surface area contributed by atoms with E-state index in [9.17, 15) is 0 Å². The van der Waals surface area contributed by atoms with E-state index in [0.29, 0.717) is 0 Å². The third kappa shape index (κ3) is 2.62. The van der Waals surface area contributed by atoms with Crippen LogP contribution in [0.1, 0.15) is 12.5 Å². The molecule has 0 saturated carbocycles. The van der Waals surface area contributed by atoms with Gasteiger partial charge in [-0.2, -0.15) is 0 Å². The molecule has 3 aromatic carbocycles. The Balaban J connectivity index is 2.22. The van der Waals surface area contributed by atoms with E-state index in [2.05, 4.69) is 73.7 Å². The van der Waals surface area contributed by atoms with Crippen LogP contribution < -0.4 is 4.74 Å². The molecule has 0 fully saturated rings. The summed E-state index contributed by atoms with van der Waals surface area (Å²) in [6.45, 7) is 2.19. The monoisotopic (exact) mass is 288 g/mol. The number of aryl methyl sites for hydroxylation is 1. The maximum absolute atomic E-state index is 5.78. The fraction of sp³-hybridized carbons (Fsp3) is 0.143. The van der Waals surface area contributed by atoms with Gasteiger partial charge in [-0.1, -0.05) is 79.7 Å². The number of ether oxygens (including phenoxy) is 1. The molecular formula is C21H20O. The van der Waals surface area contributed by atoms with Crippen LogP contribution in [0.15, 0.2) is 72.8 Å². The third-order valence-corrected chi connectivity index (χ3v) is 3.99. The van der Waals surface area contributed by atoms with Crippen molar-refractivity contribution < 1.29 is 4.74 Å². The Labute approximate surface area is 132 Å². The molecule has 0 radical (unpaired) electrons. The standard InChI is InChI=1S/C21H20O/c1-3-16-10-7-8-13-18(16)20-15-9-14-19(21(20)22-2)17-11-5-4-6-12-17/h4-15H,3H2,1-2H3. The first-order chi connectivity index (χ1) is 10.8. The Kier molecular flexibility index (Phi) is 4.24. The molecule has 0 atom stereocenters. The van der Waals surface area contributed by atoms with Crippen LogP contribution in [-0.4, -0.2) is 7.11 Å². The van der Waals surface area contributed by atoms with Crippen molar-refractivity contribution in [1.29, 1.82) is 0 Å². The molecule has 22 heavy (non-hydrogen) atoms. The Bertz CT molecular complexity index is 760. The lowest BCUT2D eigenvalue weighted by Crippen LogP contribution is -1.94. The van der Waals surface area contributed by atoms with Gasteiger partial charge in [-0.3, -0.25) is 0 Å². The van der Waals surface area contributed by atoms with E-state index in [1.165, 1.54) is 16.7 Å². The predicted molar refractivity (Wildman–Crippen MR) is 93.2 cm³/mol. The largest absolute Gasteiger partial charge is 0.495 e. The Morgan fingerprint density at radius 3 is 2.05 bits per heavy atom. The molecular weight excluding hydrogens is 268 g/mol. The molecule has 110 valence electrons. The first-order valence-electron chi connectivity index (χ1n) is 7.66. The third-order valence-electron chi connectivity index (χ3n) is 3.99. The Morgan fingerprint density at radius 1 is 0.682 bits per heavy atom. The first kappa shape index (κ1) is 14.4. The second-order valence-electron chi connectivity index (χ2n) is 5.26. The summed E-state index contributed by atoms with van der Waals surface area (Å²) < 4.78 is 5.78. The Hall–Kier alpha value is -2.54. The normalized spacial score (nSPS) is 10.5. The van der Waals surface area contributed by atoms with Crippen molar-refractivity contribution in [3.63, 3.8) is 0 Å². The van der Waals surface area contributed by atoms with Crippen LogP contribution in [0.3, 0.4) is 0 Å². The summed E-state index contributed by atoms with van der Waals surface area (Å²) in [6.07, 6.45) is 1.01. The molecule has 0 aliphatic carbocycles. The highest BCUT2D eigenvalue weighted by atomic mass is 16.5. The van der Waals surface area contributed by atoms with E-state index >= 15 is 0 Å². The minimum absolute atomic E-state index is 0.939. The summed E-state index contributed by atoms with van der Waals surface area (Å²) in [6, 6.07) is 25.3. The fourth-order valence-corrected chi connectivity index (χ4v) is 2.91. The van der Waals surface area contributed by atoms with E-state index in [-0.39, 0.29) is 0 Å². The van der Waals surface area contributed by atoms with E-state index in [0.717, 1.165) is 23.3 Å². The van der Waals surface area contributed by atoms with Crippen molar-refractivity contribution in [3.05, 3.63) is 78.4 Å². The zero-order chi connectivity index (χ0) is 15.4. The summed E-state index contributed by atoms with van der Waals surface area (Å²) >= 11 is 0. The molecule has 0 saturated heterocycles. The van der Waals surface area contributed by atoms with E-state index < -0.39 is 0 Å². The van der Waals surface area contributed by atoms with Crippen LogP contribution >= 0.6 is 0 Å². The van der Waals surface area contributed by atoms with E-state index in [1.807, 2.05) is 6.07 Å². The quantitative estimate of drug-likeness (QED) is 0.608. The average molecular weight is 288 g/mol. The highest BCUT2D eigenvalue weighted by Gasteiger charge is 2.13. The van der Waals surface area contributed by atoms with Gasteiger partial charge in [-0.15, -0.1) is 0 Å². The van der Waals surface area contributed by atoms with E-state index in [4.69, 9.17) is 4.74 Å². The lowest BCUT2D eigenvalue weighted by atomic mass is 9.93. The van der Waals surface area contributed by atoms with Gasteiger partial charge in [-0.05, 0) is 23.1 Å². The number of benzene rings is 3. The van der Waals surface area contributed by atoms with Gasteiger partial charge in [0.2, 0.25) is 0 Å². The summed E-state index contributed by atoms with van der Waals surface area (Å²) in [5.41, 5.74) is 6.05. The molecule has 0 unspecified atom stereocenters. The summed E-state index contributed by atoms with van der Waals surface area (Å²) in [7, 11) is 1.75. The second-order valence-corrected chi connectivity index (χ2v) is 5.26. The maximum atomic E-state index is 5.78. The lowest BCUT2D eigenvalue weighted by molar-refractivity contribution is 0.418. The smallest absolute Gasteiger partial charge is 0.134 e. The molecule has 0 heterocycles. The van der Waals surface area contributed by atoms with Crippen LogP contribution in [0.4, 0.5) is 0 Å². The van der Waals surface area contributed by atoms with E-state index in [1.54, 1.807) is 7.11 Å². The van der Waals surface area contributed by atoms with Crippen molar-refractivity contribution >= 4 is 0 Å². The summed E-state index contributed by atoms with van der Waals surface area (Å²) in [5.74, 6) is 0.939. The molecule has 0 aliphatic rings. The number of para-hydroxylation sites is 1. The zero-order valence-corrected chi connectivity index (χ0v) is 13.0. The van der Waals surface area contributed by atoms with Gasteiger partial charge in [0.1, 0.15) is 5.75 Å². The van der Waals surface area contributed by atoms with Crippen molar-refractivity contribution in [3.8, 4) is 28.0 Å². The number of hydrogen-bond acceptors (Lipinski definition) is 1. The minimum Gasteiger partial charge on any atom is -0.495 e.